The highest BCUT2D eigenvalue weighted by Gasteiger charge is 2.44. The lowest BCUT2D eigenvalue weighted by molar-refractivity contribution is -0.132. The Morgan fingerprint density at radius 1 is 0.951 bits per heavy atom. The highest BCUT2D eigenvalue weighted by Crippen LogP contribution is 2.42. The van der Waals surface area contributed by atoms with Crippen LogP contribution in [0.3, 0.4) is 0 Å². The van der Waals surface area contributed by atoms with E-state index in [-0.39, 0.29) is 17.9 Å². The second kappa shape index (κ2) is 10.1. The summed E-state index contributed by atoms with van der Waals surface area (Å²) in [7, 11) is 1.55. The summed E-state index contributed by atoms with van der Waals surface area (Å²) >= 11 is 0. The van der Waals surface area contributed by atoms with Crippen molar-refractivity contribution in [3.05, 3.63) is 101 Å². The lowest BCUT2D eigenvalue weighted by Crippen LogP contribution is -2.56. The van der Waals surface area contributed by atoms with Crippen LogP contribution in [0.1, 0.15) is 59.4 Å². The minimum Gasteiger partial charge on any atom is -0.489 e. The Morgan fingerprint density at radius 2 is 1.68 bits per heavy atom. The Balaban J connectivity index is 1.38. The van der Waals surface area contributed by atoms with Crippen molar-refractivity contribution in [1.82, 2.24) is 14.4 Å². The summed E-state index contributed by atoms with van der Waals surface area (Å²) in [6.45, 7) is 7.26. The number of aromatic nitrogens is 1. The molecule has 3 heterocycles. The van der Waals surface area contributed by atoms with Crippen LogP contribution in [0.25, 0.3) is 10.9 Å². The maximum atomic E-state index is 13.3. The second-order valence-corrected chi connectivity index (χ2v) is 11.7. The largest absolute Gasteiger partial charge is 0.489 e. The molecular formula is C33H33N3O5. The predicted octanol–water partition coefficient (Wildman–Crippen LogP) is 5.72. The fourth-order valence-electron chi connectivity index (χ4n) is 5.69. The molecule has 1 aromatic heterocycles. The number of imide groups is 1. The molecule has 1 saturated heterocycles. The van der Waals surface area contributed by atoms with Gasteiger partial charge in [-0.15, -0.1) is 0 Å². The molecule has 1 fully saturated rings. The molecule has 0 radical (unpaired) electrons. The topological polar surface area (TPSA) is 81.1 Å². The van der Waals surface area contributed by atoms with Crippen LogP contribution in [0, 0.1) is 0 Å². The van der Waals surface area contributed by atoms with Crippen LogP contribution < -0.4 is 4.74 Å². The van der Waals surface area contributed by atoms with E-state index in [4.69, 9.17) is 9.47 Å². The zero-order valence-electron chi connectivity index (χ0n) is 23.7. The first-order valence-electron chi connectivity index (χ1n) is 13.8. The molecule has 0 aliphatic carbocycles. The number of benzene rings is 3. The fraction of sp³-hybridized carbons (Fsp3) is 0.303. The molecule has 2 aliphatic heterocycles. The number of amides is 3. The summed E-state index contributed by atoms with van der Waals surface area (Å²) in [4.78, 5) is 41.7. The Labute approximate surface area is 239 Å². The van der Waals surface area contributed by atoms with E-state index in [1.54, 1.807) is 24.1 Å². The second-order valence-electron chi connectivity index (χ2n) is 11.7. The zero-order chi connectivity index (χ0) is 28.9. The minimum atomic E-state index is -0.571. The van der Waals surface area contributed by atoms with Crippen LogP contribution in [-0.4, -0.2) is 51.5 Å². The van der Waals surface area contributed by atoms with Gasteiger partial charge in [0.1, 0.15) is 18.0 Å². The number of likely N-dealkylation sites (N-methyl/N-ethyl adjacent to an activating group) is 1. The number of esters is 1. The van der Waals surface area contributed by atoms with Crippen molar-refractivity contribution in [1.29, 1.82) is 0 Å². The molecule has 1 unspecified atom stereocenters. The van der Waals surface area contributed by atoms with Crippen molar-refractivity contribution in [2.45, 2.75) is 52.0 Å². The number of rotatable bonds is 6. The standard InChI is InChI=1S/C33H33N3O5/c1-33(2,3)41-31(38)23-12-10-21(11-13-23)17-36-27-15-14-24(40-20-22-8-6-5-7-9-22)16-25(27)29-26-18-35(19-28(29)36)32(39)34(4)30(26)37/h5-16,26H,17-20H2,1-4H3. The van der Waals surface area contributed by atoms with Crippen molar-refractivity contribution in [2.75, 3.05) is 13.6 Å². The Hall–Kier alpha value is -4.59. The lowest BCUT2D eigenvalue weighted by atomic mass is 9.89. The molecule has 8 heteroatoms. The Bertz CT molecular complexity index is 1650. The van der Waals surface area contributed by atoms with Gasteiger partial charge < -0.3 is 18.9 Å². The number of carbonyl (C=O) groups is 3. The molecule has 1 atom stereocenters. The number of hydrogen-bond acceptors (Lipinski definition) is 5. The molecule has 6 rings (SSSR count). The molecular weight excluding hydrogens is 518 g/mol. The molecule has 41 heavy (non-hydrogen) atoms. The van der Waals surface area contributed by atoms with Crippen LogP contribution in [0.5, 0.6) is 5.75 Å². The van der Waals surface area contributed by atoms with Crippen LogP contribution in [0.15, 0.2) is 72.8 Å². The molecule has 0 saturated carbocycles. The number of carbonyl (C=O) groups excluding carboxylic acids is 3. The van der Waals surface area contributed by atoms with E-state index >= 15 is 0 Å². The first-order chi connectivity index (χ1) is 19.6. The van der Waals surface area contributed by atoms with Crippen molar-refractivity contribution >= 4 is 28.8 Å². The molecule has 0 spiro atoms. The van der Waals surface area contributed by atoms with Crippen molar-refractivity contribution in [3.8, 4) is 5.75 Å². The van der Waals surface area contributed by atoms with Crippen LogP contribution in [0.4, 0.5) is 4.79 Å². The van der Waals surface area contributed by atoms with Gasteiger partial charge in [0.2, 0.25) is 5.91 Å². The summed E-state index contributed by atoms with van der Waals surface area (Å²) in [5.74, 6) is -0.275. The SMILES string of the molecule is CN1C(=O)C2CN(Cc3c2c2cc(OCc4ccccc4)ccc2n3Cc2ccc(C(=O)OC(C)(C)C)cc2)C1=O. The summed E-state index contributed by atoms with van der Waals surface area (Å²) < 4.78 is 13.8. The third kappa shape index (κ3) is 5.06. The van der Waals surface area contributed by atoms with Gasteiger partial charge in [0, 0.05) is 36.7 Å². The summed E-state index contributed by atoms with van der Waals surface area (Å²) in [5.41, 5.74) is 4.85. The van der Waals surface area contributed by atoms with Crippen LogP contribution in [0.2, 0.25) is 0 Å². The van der Waals surface area contributed by atoms with Gasteiger partial charge in [-0.1, -0.05) is 42.5 Å². The minimum absolute atomic E-state index is 0.191. The van der Waals surface area contributed by atoms with E-state index in [1.807, 2.05) is 81.4 Å². The molecule has 210 valence electrons. The molecule has 3 amide bonds. The normalized spacial score (nSPS) is 16.6. The number of fused-ring (bicyclic) bond motifs is 6. The van der Waals surface area contributed by atoms with Gasteiger partial charge in [-0.2, -0.15) is 0 Å². The van der Waals surface area contributed by atoms with E-state index in [0.717, 1.165) is 39.0 Å². The van der Waals surface area contributed by atoms with Crippen molar-refractivity contribution in [2.24, 2.45) is 0 Å². The van der Waals surface area contributed by atoms with Crippen molar-refractivity contribution in [3.63, 3.8) is 0 Å². The maximum Gasteiger partial charge on any atom is 0.338 e. The van der Waals surface area contributed by atoms with E-state index in [1.165, 1.54) is 4.90 Å². The first-order valence-corrected chi connectivity index (χ1v) is 13.8. The lowest BCUT2D eigenvalue weighted by Gasteiger charge is -2.41. The Kier molecular flexibility index (Phi) is 6.56. The fourth-order valence-corrected chi connectivity index (χ4v) is 5.69. The van der Waals surface area contributed by atoms with Gasteiger partial charge in [0.25, 0.3) is 0 Å². The molecule has 4 aromatic rings. The van der Waals surface area contributed by atoms with E-state index < -0.39 is 11.5 Å². The molecule has 3 aromatic carbocycles. The summed E-state index contributed by atoms with van der Waals surface area (Å²) in [6.07, 6.45) is 0. The average molecular weight is 552 g/mol. The van der Waals surface area contributed by atoms with Gasteiger partial charge in [-0.3, -0.25) is 9.69 Å². The van der Waals surface area contributed by atoms with Gasteiger partial charge in [-0.05, 0) is 67.8 Å². The first kappa shape index (κ1) is 26.6. The van der Waals surface area contributed by atoms with Gasteiger partial charge >= 0.3 is 12.0 Å². The maximum absolute atomic E-state index is 13.3. The number of ether oxygens (including phenoxy) is 2. The zero-order valence-corrected chi connectivity index (χ0v) is 23.7. The Morgan fingerprint density at radius 3 is 2.39 bits per heavy atom. The molecule has 2 bridgehead atoms. The quantitative estimate of drug-likeness (QED) is 0.287. The van der Waals surface area contributed by atoms with Crippen LogP contribution in [-0.2, 0) is 29.2 Å². The monoisotopic (exact) mass is 551 g/mol. The highest BCUT2D eigenvalue weighted by molar-refractivity contribution is 6.04. The van der Waals surface area contributed by atoms with E-state index in [0.29, 0.717) is 31.8 Å². The number of nitrogens with zero attached hydrogens (tertiary/aromatic N) is 3. The summed E-state index contributed by atoms with van der Waals surface area (Å²) in [5, 5.41) is 0.955. The number of hydrogen-bond donors (Lipinski definition) is 0. The van der Waals surface area contributed by atoms with Gasteiger partial charge in [-0.25, -0.2) is 9.59 Å². The third-order valence-corrected chi connectivity index (χ3v) is 7.64. The van der Waals surface area contributed by atoms with Gasteiger partial charge in [0.15, 0.2) is 0 Å². The van der Waals surface area contributed by atoms with Gasteiger partial charge in [0.05, 0.1) is 18.0 Å². The van der Waals surface area contributed by atoms with Crippen LogP contribution >= 0.6 is 0 Å². The highest BCUT2D eigenvalue weighted by atomic mass is 16.6. The summed E-state index contributed by atoms with van der Waals surface area (Å²) in [6, 6.07) is 23.1. The molecule has 0 N–H and O–H groups in total. The molecule has 8 nitrogen and oxygen atoms in total. The smallest absolute Gasteiger partial charge is 0.338 e. The third-order valence-electron chi connectivity index (χ3n) is 7.64. The van der Waals surface area contributed by atoms with E-state index in [9.17, 15) is 14.4 Å². The number of urea groups is 1. The molecule has 2 aliphatic rings. The predicted molar refractivity (Wildman–Crippen MR) is 155 cm³/mol. The average Bonchev–Trinajstić information content (AvgIpc) is 3.26. The van der Waals surface area contributed by atoms with Crippen molar-refractivity contribution < 1.29 is 23.9 Å². The van der Waals surface area contributed by atoms with E-state index in [2.05, 4.69) is 4.57 Å².